The summed E-state index contributed by atoms with van der Waals surface area (Å²) in [5.41, 5.74) is 7.47. The molecule has 24 N–H and O–H groups in total. The first-order valence-electron chi connectivity index (χ1n) is 36.1. The second-order valence-corrected chi connectivity index (χ2v) is 29.5. The van der Waals surface area contributed by atoms with Gasteiger partial charge in [-0.05, 0) is 72.9 Å². The molecule has 41 heteroatoms. The summed E-state index contributed by atoms with van der Waals surface area (Å²) in [5.74, 6) is -18.4. The Hall–Kier alpha value is -11.9. The number of carboxylic acid groups (broad SMARTS) is 2. The summed E-state index contributed by atoms with van der Waals surface area (Å²) in [6.45, 7) is 9.36. The molecule has 114 heavy (non-hydrogen) atoms. The zero-order chi connectivity index (χ0) is 84.0. The van der Waals surface area contributed by atoms with Gasteiger partial charge in [0, 0.05) is 79.6 Å². The van der Waals surface area contributed by atoms with Gasteiger partial charge < -0.3 is 108 Å². The van der Waals surface area contributed by atoms with Crippen LogP contribution >= 0.6 is 21.6 Å². The Morgan fingerprint density at radius 3 is 1.84 bits per heavy atom. The normalized spacial score (nSPS) is 23.2. The smallest absolute Gasteiger partial charge is 0.331 e. The molecule has 1 aliphatic heterocycles. The van der Waals surface area contributed by atoms with Gasteiger partial charge >= 0.3 is 11.9 Å². The van der Waals surface area contributed by atoms with Crippen LogP contribution in [0.1, 0.15) is 104 Å². The monoisotopic (exact) mass is 1620 g/mol. The van der Waals surface area contributed by atoms with E-state index >= 15 is 0 Å². The van der Waals surface area contributed by atoms with E-state index in [2.05, 4.69) is 85.2 Å². The summed E-state index contributed by atoms with van der Waals surface area (Å²) < 4.78 is 0. The van der Waals surface area contributed by atoms with Gasteiger partial charge in [0.05, 0.1) is 18.9 Å². The van der Waals surface area contributed by atoms with Crippen molar-refractivity contribution in [2.75, 3.05) is 24.6 Å². The van der Waals surface area contributed by atoms with E-state index in [0.717, 1.165) is 33.9 Å². The third kappa shape index (κ3) is 28.4. The number of hydrogen-bond acceptors (Lipinski definition) is 21. The highest BCUT2D eigenvalue weighted by molar-refractivity contribution is 8.76. The second-order valence-electron chi connectivity index (χ2n) is 26.9. The maximum absolute atomic E-state index is 12.7. The summed E-state index contributed by atoms with van der Waals surface area (Å²) in [6, 6.07) is -0.801. The summed E-state index contributed by atoms with van der Waals surface area (Å²) in [4.78, 5) is 90.5. The van der Waals surface area contributed by atoms with Crippen molar-refractivity contribution in [3.8, 4) is 0 Å². The molecule has 618 valence electrons. The molecule has 0 fully saturated rings. The Bertz CT molecular complexity index is 4510. The Morgan fingerprint density at radius 2 is 1.21 bits per heavy atom. The third-order valence-corrected chi connectivity index (χ3v) is 20.0. The number of aromatic nitrogens is 3. The fourth-order valence-corrected chi connectivity index (χ4v) is 13.6. The standard InChI is InChI=1S/C73H100N20O19S2/c1-8-36(4)59(83-39(7)95)71(110)91-54-33-114-113-32-53(69(108)93-60(38(6)94)72(111)112)90-63(102)47(21-14-24-78-73(75)76)84-66(105)51(27-43-30-77-34-81-43)86-61(100)37(5)82-56(97)31-80-62(101)49(26-42-29-79-46-20-12-11-19-45(42)46)87-67(106)52(28-57(98)99)88-64(103)48(22-23-55(74)96)85-65(104)50(89-70(109)58(35(2)3)92-68(54)107)25-41-17-13-16-40-15-9-10-18-44(40)41/h9-13,15-20,29-30,34-38,47-54,58-60,79,94H,8,14,21-28,31-33H2,1-7H3,(H2,74,96)(H,77,81)(H,80,101)(H,82,97)(H,83,95)(H,84,105)(H,85,104)(H,86,100)(H,87,106)(H,88,103)(H,89,109)(H,90,102)(H,91,110)(H,92,107)(H,93,108)(H,98,99)(H,111,112)(H4,75,76,78)/t36-,37-,38+,47-,48-,49-,50-,51+,52+,53-,54-,58-,59-,60-/m0/s1. The number of aliphatic hydroxyl groups excluding tert-OH is 15. The van der Waals surface area contributed by atoms with Crippen molar-refractivity contribution in [2.24, 2.45) is 82.5 Å². The zero-order valence-corrected chi connectivity index (χ0v) is 65.1. The predicted molar refractivity (Wildman–Crippen MR) is 444 cm³/mol. The average molecular weight is 1630 g/mol. The highest BCUT2D eigenvalue weighted by atomic mass is 33.1. The summed E-state index contributed by atoms with van der Waals surface area (Å²) >= 11 is 0. The first kappa shape index (κ1) is 91.0. The fourth-order valence-electron chi connectivity index (χ4n) is 11.3. The minimum absolute atomic E-state index is 0.0199. The summed E-state index contributed by atoms with van der Waals surface area (Å²) in [7, 11) is 1.70. The van der Waals surface area contributed by atoms with Crippen molar-refractivity contribution in [1.82, 2.24) is 20.3 Å². The van der Waals surface area contributed by atoms with Gasteiger partial charge in [-0.2, -0.15) is 0 Å². The molecule has 0 bridgehead atoms. The summed E-state index contributed by atoms with van der Waals surface area (Å²) in [5, 5.41) is 215. The van der Waals surface area contributed by atoms with Crippen molar-refractivity contribution in [2.45, 2.75) is 185 Å². The van der Waals surface area contributed by atoms with Crippen LogP contribution < -0.4 is 11.1 Å². The first-order valence-corrected chi connectivity index (χ1v) is 38.6. The molecule has 5 aromatic rings. The number of fused-ring (bicyclic) bond motifs is 2. The molecule has 14 atom stereocenters. The van der Waals surface area contributed by atoms with E-state index in [0.29, 0.717) is 39.5 Å². The van der Waals surface area contributed by atoms with Crippen LogP contribution in [-0.4, -0.2) is 305 Å². The molecule has 0 saturated heterocycles. The highest BCUT2D eigenvalue weighted by Crippen LogP contribution is 2.29. The first-order chi connectivity index (χ1) is 54.0. The molecule has 2 aromatic heterocycles. The number of nitrogens with zero attached hydrogens (tertiary/aromatic N) is 14. The SMILES string of the molecule is CC[C@H](C)[C@H](N=C(C)O)C(O)=N[C@H]1CSSC[C@@H](C(O)=N[C@H](C(=O)O)[C@@H](C)O)N=C(O)[C@H](CCCNC(=N)N)N=C(O)[C@@H](Cc2cnc[nH]2)N=C(O)[C@H](C)N=C(O)CN=C(O)[C@H](Cc2c[nH]c3ccccc23)N=C(O)[C@@H](CC(=O)O)N=C(O)[C@H](CCC(=N)O)N=C(O)[C@H](Cc2cccc3ccccc23)N=C(O)[C@H](C(C)C)N=C1O. The molecule has 1 aliphatic rings. The molecule has 39 nitrogen and oxygen atoms in total. The maximum atomic E-state index is 12.7. The van der Waals surface area contributed by atoms with E-state index in [1.165, 1.54) is 26.4 Å². The number of aliphatic hydroxyl groups is 15. The average Bonchev–Trinajstić information content (AvgIpc) is 0.918. The lowest BCUT2D eigenvalue weighted by Gasteiger charge is -2.22. The van der Waals surface area contributed by atoms with Gasteiger partial charge in [0.2, 0.25) is 70.8 Å². The van der Waals surface area contributed by atoms with Crippen LogP contribution in [0.5, 0.6) is 0 Å². The number of carboxylic acids is 2. The van der Waals surface area contributed by atoms with Crippen molar-refractivity contribution in [1.29, 1.82) is 10.8 Å². The van der Waals surface area contributed by atoms with Crippen molar-refractivity contribution in [3.05, 3.63) is 102 Å². The lowest BCUT2D eigenvalue weighted by Crippen LogP contribution is -2.35. The summed E-state index contributed by atoms with van der Waals surface area (Å²) in [6.07, 6.45) is -0.452. The quantitative estimate of drug-likeness (QED) is 0.0112. The van der Waals surface area contributed by atoms with Crippen LogP contribution in [0.2, 0.25) is 0 Å². The fraction of sp³-hybridized carbons (Fsp3) is 0.479. The number of guanidine groups is 1. The van der Waals surface area contributed by atoms with Gasteiger partial charge in [-0.25, -0.2) is 74.7 Å². The van der Waals surface area contributed by atoms with Crippen molar-refractivity contribution in [3.63, 3.8) is 0 Å². The van der Waals surface area contributed by atoms with Gasteiger partial charge in [-0.1, -0.05) is 116 Å². The molecule has 0 unspecified atom stereocenters. The molecule has 3 heterocycles. The van der Waals surface area contributed by atoms with E-state index in [4.69, 9.17) is 16.6 Å². The van der Waals surface area contributed by atoms with Gasteiger partial charge in [-0.15, -0.1) is 0 Å². The maximum Gasteiger partial charge on any atom is 0.331 e. The number of nitrogens with one attached hydrogen (secondary N) is 5. The number of aliphatic carboxylic acids is 2. The van der Waals surface area contributed by atoms with E-state index < -0.39 is 222 Å². The van der Waals surface area contributed by atoms with Crippen LogP contribution in [0.15, 0.2) is 150 Å². The number of benzene rings is 3. The molecule has 0 spiro atoms. The van der Waals surface area contributed by atoms with Crippen molar-refractivity contribution >= 4 is 144 Å². The predicted octanol–water partition coefficient (Wildman–Crippen LogP) is 8.59. The Morgan fingerprint density at radius 1 is 0.632 bits per heavy atom. The topological polar surface area (TPSA) is 669 Å². The number of rotatable bonds is 25. The van der Waals surface area contributed by atoms with Crippen LogP contribution in [0.4, 0.5) is 0 Å². The Kier molecular flexibility index (Phi) is 35.4. The van der Waals surface area contributed by atoms with E-state index in [1.54, 1.807) is 88.5 Å². The van der Waals surface area contributed by atoms with Crippen LogP contribution in [0.25, 0.3) is 21.7 Å². The number of aliphatic imine (C=N–C) groups is 13. The molecular weight excluding hydrogens is 1530 g/mol. The molecule has 0 saturated carbocycles. The minimum atomic E-state index is -2.04. The number of nitrogens with two attached hydrogens (primary N) is 1. The van der Waals surface area contributed by atoms with Crippen LogP contribution in [0, 0.1) is 22.7 Å². The number of imidazole rings is 1. The van der Waals surface area contributed by atoms with Gasteiger partial charge in [-0.3, -0.25) is 15.6 Å². The van der Waals surface area contributed by atoms with Crippen LogP contribution in [-0.2, 0) is 28.9 Å². The van der Waals surface area contributed by atoms with Crippen LogP contribution in [0.3, 0.4) is 0 Å². The molecular formula is C73H100N20O19S2. The molecule has 0 amide bonds. The zero-order valence-electron chi connectivity index (χ0n) is 63.5. The second kappa shape index (κ2) is 44.4. The number of carbonyl (C=O) groups is 2. The number of H-pyrrole nitrogens is 2. The largest absolute Gasteiger partial charge is 0.497 e. The molecule has 3 aromatic carbocycles. The molecule has 0 radical (unpaired) electrons. The lowest BCUT2D eigenvalue weighted by atomic mass is 9.98. The van der Waals surface area contributed by atoms with Gasteiger partial charge in [0.25, 0.3) is 0 Å². The highest BCUT2D eigenvalue weighted by Gasteiger charge is 2.34. The van der Waals surface area contributed by atoms with Crippen molar-refractivity contribution < 1.29 is 96.4 Å². The van der Waals surface area contributed by atoms with E-state index in [-0.39, 0.29) is 44.4 Å². The lowest BCUT2D eigenvalue weighted by molar-refractivity contribution is -0.141. The third-order valence-electron chi connectivity index (χ3n) is 17.6. The molecule has 6 rings (SSSR count). The number of aromatic amines is 2. The van der Waals surface area contributed by atoms with E-state index in [1.807, 2.05) is 12.1 Å². The van der Waals surface area contributed by atoms with E-state index in [9.17, 15) is 96.4 Å². The van der Waals surface area contributed by atoms with Gasteiger partial charge in [0.1, 0.15) is 73.0 Å². The Balaban J connectivity index is 1.66. The number of hydrogen-bond donors (Lipinski definition) is 23. The Labute approximate surface area is 662 Å². The van der Waals surface area contributed by atoms with Gasteiger partial charge in [0.15, 0.2) is 23.8 Å². The minimum Gasteiger partial charge on any atom is -0.497 e. The number of para-hydroxylation sites is 1. The molecule has 0 aliphatic carbocycles.